The Morgan fingerprint density at radius 1 is 1.47 bits per heavy atom. The first-order valence-corrected chi connectivity index (χ1v) is 5.84. The van der Waals surface area contributed by atoms with Crippen molar-refractivity contribution in [3.63, 3.8) is 0 Å². The van der Waals surface area contributed by atoms with Crippen molar-refractivity contribution in [2.24, 2.45) is 5.92 Å². The molecular weight excluding hydrogens is 192 g/mol. The number of hydrogen-bond donors (Lipinski definition) is 1. The van der Waals surface area contributed by atoms with Crippen molar-refractivity contribution >= 4 is 6.09 Å². The first kappa shape index (κ1) is 12.3. The highest BCUT2D eigenvalue weighted by molar-refractivity contribution is 5.67. The summed E-state index contributed by atoms with van der Waals surface area (Å²) in [7, 11) is 1.97. The summed E-state index contributed by atoms with van der Waals surface area (Å²) in [6, 6.07) is 0. The summed E-state index contributed by atoms with van der Waals surface area (Å²) in [6.45, 7) is 5.28. The fourth-order valence-corrected chi connectivity index (χ4v) is 1.89. The standard InChI is InChI=1S/C11H22N2O2/c1-3-8-15-11(14)13-6-4-10(5-7-13)9-12-2/h10,12H,3-9H2,1-2H3. The molecule has 0 spiro atoms. The number of likely N-dealkylation sites (tertiary alicyclic amines) is 1. The number of rotatable bonds is 4. The Morgan fingerprint density at radius 3 is 2.67 bits per heavy atom. The largest absolute Gasteiger partial charge is 0.449 e. The lowest BCUT2D eigenvalue weighted by molar-refractivity contribution is 0.0878. The van der Waals surface area contributed by atoms with Gasteiger partial charge < -0.3 is 15.0 Å². The molecule has 0 saturated carbocycles. The zero-order valence-electron chi connectivity index (χ0n) is 9.79. The molecule has 1 aliphatic rings. The monoisotopic (exact) mass is 214 g/mol. The molecule has 1 saturated heterocycles. The summed E-state index contributed by atoms with van der Waals surface area (Å²) in [5.74, 6) is 0.713. The molecular formula is C11H22N2O2. The van der Waals surface area contributed by atoms with E-state index in [4.69, 9.17) is 4.74 Å². The third-order valence-electron chi connectivity index (χ3n) is 2.80. The highest BCUT2D eigenvalue weighted by Crippen LogP contribution is 2.16. The third kappa shape index (κ3) is 4.08. The molecule has 1 aliphatic heterocycles. The lowest BCUT2D eigenvalue weighted by atomic mass is 9.97. The van der Waals surface area contributed by atoms with Crippen molar-refractivity contribution in [1.29, 1.82) is 0 Å². The minimum atomic E-state index is -0.139. The van der Waals surface area contributed by atoms with Crippen molar-refractivity contribution in [2.75, 3.05) is 33.3 Å². The van der Waals surface area contributed by atoms with Gasteiger partial charge in [0.1, 0.15) is 0 Å². The molecule has 0 bridgehead atoms. The van der Waals surface area contributed by atoms with Crippen molar-refractivity contribution in [3.05, 3.63) is 0 Å². The molecule has 0 aliphatic carbocycles. The maximum atomic E-state index is 11.5. The van der Waals surface area contributed by atoms with Gasteiger partial charge >= 0.3 is 6.09 Å². The van der Waals surface area contributed by atoms with Gasteiger partial charge in [-0.05, 0) is 38.8 Å². The first-order chi connectivity index (χ1) is 7.27. The summed E-state index contributed by atoms with van der Waals surface area (Å²) in [6.07, 6.45) is 2.92. The second-order valence-electron chi connectivity index (χ2n) is 4.10. The minimum Gasteiger partial charge on any atom is -0.449 e. The quantitative estimate of drug-likeness (QED) is 0.770. The molecule has 0 unspecified atom stereocenters. The molecule has 0 atom stereocenters. The lowest BCUT2D eigenvalue weighted by Crippen LogP contribution is -2.40. The van der Waals surface area contributed by atoms with Gasteiger partial charge in [-0.2, -0.15) is 0 Å². The number of amides is 1. The molecule has 1 amide bonds. The van der Waals surface area contributed by atoms with E-state index in [0.717, 1.165) is 38.9 Å². The SMILES string of the molecule is CCCOC(=O)N1CCC(CNC)CC1. The van der Waals surface area contributed by atoms with Crippen LogP contribution in [0.25, 0.3) is 0 Å². The van der Waals surface area contributed by atoms with Gasteiger partial charge in [0, 0.05) is 13.1 Å². The second kappa shape index (κ2) is 6.67. The van der Waals surface area contributed by atoms with E-state index >= 15 is 0 Å². The van der Waals surface area contributed by atoms with Crippen molar-refractivity contribution in [1.82, 2.24) is 10.2 Å². The van der Waals surface area contributed by atoms with E-state index in [1.165, 1.54) is 0 Å². The molecule has 0 aromatic heterocycles. The molecule has 15 heavy (non-hydrogen) atoms. The van der Waals surface area contributed by atoms with E-state index in [1.807, 2.05) is 18.9 Å². The van der Waals surface area contributed by atoms with Crippen LogP contribution in [0, 0.1) is 5.92 Å². The molecule has 0 radical (unpaired) electrons. The van der Waals surface area contributed by atoms with Crippen LogP contribution in [0.3, 0.4) is 0 Å². The third-order valence-corrected chi connectivity index (χ3v) is 2.80. The van der Waals surface area contributed by atoms with Crippen molar-refractivity contribution in [2.45, 2.75) is 26.2 Å². The molecule has 1 N–H and O–H groups in total. The highest BCUT2D eigenvalue weighted by Gasteiger charge is 2.22. The first-order valence-electron chi connectivity index (χ1n) is 5.84. The summed E-state index contributed by atoms with van der Waals surface area (Å²) in [5.41, 5.74) is 0. The molecule has 1 fully saturated rings. The zero-order chi connectivity index (χ0) is 11.1. The van der Waals surface area contributed by atoms with Gasteiger partial charge in [0.2, 0.25) is 0 Å². The number of carbonyl (C=O) groups is 1. The van der Waals surface area contributed by atoms with Crippen LogP contribution in [0.1, 0.15) is 26.2 Å². The van der Waals surface area contributed by atoms with Gasteiger partial charge in [-0.1, -0.05) is 6.92 Å². The fraction of sp³-hybridized carbons (Fsp3) is 0.909. The van der Waals surface area contributed by atoms with Gasteiger partial charge in [0.25, 0.3) is 0 Å². The van der Waals surface area contributed by atoms with E-state index in [2.05, 4.69) is 5.32 Å². The summed E-state index contributed by atoms with van der Waals surface area (Å²) >= 11 is 0. The van der Waals surface area contributed by atoms with E-state index in [9.17, 15) is 4.79 Å². The summed E-state index contributed by atoms with van der Waals surface area (Å²) < 4.78 is 5.10. The molecule has 4 nitrogen and oxygen atoms in total. The molecule has 1 heterocycles. The van der Waals surface area contributed by atoms with Crippen LogP contribution < -0.4 is 5.32 Å². The molecule has 1 rings (SSSR count). The highest BCUT2D eigenvalue weighted by atomic mass is 16.6. The van der Waals surface area contributed by atoms with Crippen LogP contribution in [0.2, 0.25) is 0 Å². The fourth-order valence-electron chi connectivity index (χ4n) is 1.89. The number of ether oxygens (including phenoxy) is 1. The van der Waals surface area contributed by atoms with Gasteiger partial charge in [0.05, 0.1) is 6.61 Å². The van der Waals surface area contributed by atoms with Crippen LogP contribution in [-0.4, -0.2) is 44.3 Å². The average molecular weight is 214 g/mol. The molecule has 88 valence electrons. The number of nitrogens with one attached hydrogen (secondary N) is 1. The molecule has 0 aromatic carbocycles. The Labute approximate surface area is 92.0 Å². The van der Waals surface area contributed by atoms with Crippen LogP contribution in [0.4, 0.5) is 4.79 Å². The minimum absolute atomic E-state index is 0.139. The van der Waals surface area contributed by atoms with Crippen LogP contribution in [0.15, 0.2) is 0 Å². The normalized spacial score (nSPS) is 17.9. The Kier molecular flexibility index (Phi) is 5.47. The zero-order valence-corrected chi connectivity index (χ0v) is 9.79. The number of nitrogens with zero attached hydrogens (tertiary/aromatic N) is 1. The van der Waals surface area contributed by atoms with Crippen LogP contribution in [0.5, 0.6) is 0 Å². The Hall–Kier alpha value is -0.770. The number of piperidine rings is 1. The summed E-state index contributed by atoms with van der Waals surface area (Å²) in [5, 5.41) is 3.18. The predicted molar refractivity (Wildman–Crippen MR) is 59.9 cm³/mol. The van der Waals surface area contributed by atoms with Gasteiger partial charge in [-0.15, -0.1) is 0 Å². The Morgan fingerprint density at radius 2 is 2.13 bits per heavy atom. The van der Waals surface area contributed by atoms with Crippen LogP contribution >= 0.6 is 0 Å². The van der Waals surface area contributed by atoms with E-state index in [-0.39, 0.29) is 6.09 Å². The van der Waals surface area contributed by atoms with E-state index < -0.39 is 0 Å². The van der Waals surface area contributed by atoms with Crippen molar-refractivity contribution < 1.29 is 9.53 Å². The smallest absolute Gasteiger partial charge is 0.409 e. The van der Waals surface area contributed by atoms with Gasteiger partial charge in [-0.25, -0.2) is 4.79 Å². The van der Waals surface area contributed by atoms with E-state index in [0.29, 0.717) is 12.5 Å². The molecule has 4 heteroatoms. The van der Waals surface area contributed by atoms with Gasteiger partial charge in [0.15, 0.2) is 0 Å². The predicted octanol–water partition coefficient (Wildman–Crippen LogP) is 1.46. The molecule has 0 aromatic rings. The maximum absolute atomic E-state index is 11.5. The average Bonchev–Trinajstić information content (AvgIpc) is 2.27. The van der Waals surface area contributed by atoms with Crippen LogP contribution in [-0.2, 0) is 4.74 Å². The second-order valence-corrected chi connectivity index (χ2v) is 4.10. The topological polar surface area (TPSA) is 41.6 Å². The van der Waals surface area contributed by atoms with Gasteiger partial charge in [-0.3, -0.25) is 0 Å². The maximum Gasteiger partial charge on any atom is 0.409 e. The Bertz CT molecular complexity index is 189. The van der Waals surface area contributed by atoms with E-state index in [1.54, 1.807) is 0 Å². The lowest BCUT2D eigenvalue weighted by Gasteiger charge is -2.31. The Balaban J connectivity index is 2.21. The number of carbonyl (C=O) groups excluding carboxylic acids is 1. The van der Waals surface area contributed by atoms with Crippen molar-refractivity contribution in [3.8, 4) is 0 Å². The number of hydrogen-bond acceptors (Lipinski definition) is 3. The summed E-state index contributed by atoms with van der Waals surface area (Å²) in [4.78, 5) is 13.3.